The fourth-order valence-corrected chi connectivity index (χ4v) is 3.29. The highest BCUT2D eigenvalue weighted by molar-refractivity contribution is 7.93. The van der Waals surface area contributed by atoms with Crippen molar-refractivity contribution in [1.29, 1.82) is 0 Å². The smallest absolute Gasteiger partial charge is 0.335 e. The number of sulfonamides is 1. The van der Waals surface area contributed by atoms with Crippen molar-refractivity contribution in [2.75, 3.05) is 11.3 Å². The number of allylic oxidation sites excluding steroid dienone is 1. The van der Waals surface area contributed by atoms with Crippen LogP contribution in [0.15, 0.2) is 29.8 Å². The average Bonchev–Trinajstić information content (AvgIpc) is 2.55. The van der Waals surface area contributed by atoms with Crippen molar-refractivity contribution in [3.8, 4) is 0 Å². The van der Waals surface area contributed by atoms with E-state index in [9.17, 15) is 17.6 Å². The van der Waals surface area contributed by atoms with Crippen LogP contribution in [0.3, 0.4) is 0 Å². The molecular formula is C15H17ClFNO4S. The standard InChI is InChI=1S/C15H17ClFNO4S/c1-2-22-15(19)11-5-3-4-6-14(11)23(20,21)18-13-8-7-10(17)9-12(13)16/h5,7-9,14,18H,2-4,6H2,1H3/t14-/m1/s1/i3D2,4D2,5D,14D. The number of nitrogens with one attached hydrogen (secondary N) is 1. The Labute approximate surface area is 148 Å². The monoisotopic (exact) mass is 367 g/mol. The molecule has 0 bridgehead atoms. The van der Waals surface area contributed by atoms with Crippen LogP contribution in [0.25, 0.3) is 0 Å². The maximum absolute atomic E-state index is 13.2. The van der Waals surface area contributed by atoms with Crippen LogP contribution in [-0.4, -0.2) is 26.2 Å². The van der Waals surface area contributed by atoms with Gasteiger partial charge in [0.25, 0.3) is 0 Å². The summed E-state index contributed by atoms with van der Waals surface area (Å²) in [5.74, 6) is -2.19. The van der Waals surface area contributed by atoms with E-state index in [0.29, 0.717) is 0 Å². The Hall–Kier alpha value is -1.60. The molecule has 0 spiro atoms. The quantitative estimate of drug-likeness (QED) is 0.811. The van der Waals surface area contributed by atoms with Crippen LogP contribution in [-0.2, 0) is 19.6 Å². The summed E-state index contributed by atoms with van der Waals surface area (Å²) < 4.78 is 93.7. The third kappa shape index (κ3) is 4.23. The first kappa shape index (κ1) is 11.0. The van der Waals surface area contributed by atoms with Crippen LogP contribution in [0.4, 0.5) is 10.1 Å². The molecular weight excluding hydrogens is 345 g/mol. The molecule has 1 aromatic carbocycles. The van der Waals surface area contributed by atoms with Gasteiger partial charge in [-0.3, -0.25) is 4.72 Å². The number of esters is 1. The lowest BCUT2D eigenvalue weighted by Crippen LogP contribution is -2.34. The first-order chi connectivity index (χ1) is 13.1. The Bertz CT molecular complexity index is 987. The normalized spacial score (nSPS) is 30.0. The van der Waals surface area contributed by atoms with Gasteiger partial charge in [-0.25, -0.2) is 17.6 Å². The predicted molar refractivity (Wildman–Crippen MR) is 86.3 cm³/mol. The third-order valence-electron chi connectivity index (χ3n) is 2.78. The highest BCUT2D eigenvalue weighted by atomic mass is 35.5. The van der Waals surface area contributed by atoms with Crippen LogP contribution >= 0.6 is 11.6 Å². The van der Waals surface area contributed by atoms with Crippen molar-refractivity contribution in [2.45, 2.75) is 31.3 Å². The SMILES string of the molecule is [2H]C1=C(C(=O)OCC)[C@]([2H])(S(=O)(=O)Nc2ccc(F)cc2Cl)CC([2H])([2H])C1([2H])[2H]. The van der Waals surface area contributed by atoms with E-state index in [1.807, 2.05) is 4.72 Å². The highest BCUT2D eigenvalue weighted by Crippen LogP contribution is 2.30. The summed E-state index contributed by atoms with van der Waals surface area (Å²) in [5, 5.41) is -3.48. The van der Waals surface area contributed by atoms with Gasteiger partial charge in [-0.05, 0) is 44.3 Å². The fourth-order valence-electron chi connectivity index (χ4n) is 1.77. The minimum atomic E-state index is -5.01. The zero-order chi connectivity index (χ0) is 22.4. The van der Waals surface area contributed by atoms with Gasteiger partial charge in [-0.2, -0.15) is 0 Å². The van der Waals surface area contributed by atoms with Gasteiger partial charge >= 0.3 is 5.97 Å². The molecule has 0 aromatic heterocycles. The Kier molecular flexibility index (Phi) is 3.51. The number of halogens is 2. The third-order valence-corrected chi connectivity index (χ3v) is 4.58. The number of carbonyl (C=O) groups is 1. The Balaban J connectivity index is 2.70. The van der Waals surface area contributed by atoms with E-state index in [1.54, 1.807) is 0 Å². The summed E-state index contributed by atoms with van der Waals surface area (Å²) >= 11 is 5.80. The van der Waals surface area contributed by atoms with Gasteiger partial charge in [0, 0.05) is 5.48 Å². The zero-order valence-electron chi connectivity index (χ0n) is 17.9. The minimum Gasteiger partial charge on any atom is -0.463 e. The molecule has 1 aromatic rings. The van der Waals surface area contributed by atoms with Gasteiger partial charge in [-0.15, -0.1) is 0 Å². The lowest BCUT2D eigenvalue weighted by Gasteiger charge is -2.24. The van der Waals surface area contributed by atoms with Gasteiger partial charge in [0.05, 0.1) is 25.6 Å². The fraction of sp³-hybridized carbons (Fsp3) is 0.400. The zero-order valence-corrected chi connectivity index (χ0v) is 13.5. The van der Waals surface area contributed by atoms with E-state index in [1.165, 1.54) is 6.92 Å². The van der Waals surface area contributed by atoms with Crippen LogP contribution < -0.4 is 4.72 Å². The van der Waals surface area contributed by atoms with Crippen molar-refractivity contribution in [1.82, 2.24) is 0 Å². The summed E-state index contributed by atoms with van der Waals surface area (Å²) in [6.07, 6.45) is -7.34. The Morgan fingerprint density at radius 3 is 3.04 bits per heavy atom. The molecule has 1 atom stereocenters. The molecule has 8 heteroatoms. The van der Waals surface area contributed by atoms with Crippen molar-refractivity contribution in [3.05, 3.63) is 40.7 Å². The molecule has 0 unspecified atom stereocenters. The summed E-state index contributed by atoms with van der Waals surface area (Å²) in [7, 11) is -5.01. The van der Waals surface area contributed by atoms with Crippen LogP contribution in [0, 0.1) is 5.82 Å². The minimum absolute atomic E-state index is 0.251. The second kappa shape index (κ2) is 7.31. The van der Waals surface area contributed by atoms with Crippen LogP contribution in [0.5, 0.6) is 0 Å². The van der Waals surface area contributed by atoms with E-state index in [0.717, 1.165) is 18.2 Å². The molecule has 2 rings (SSSR count). The Morgan fingerprint density at radius 1 is 1.65 bits per heavy atom. The first-order valence-electron chi connectivity index (χ1n) is 9.47. The molecule has 0 saturated heterocycles. The second-order valence-corrected chi connectivity index (χ2v) is 6.46. The molecule has 0 aliphatic heterocycles. The van der Waals surface area contributed by atoms with Crippen LogP contribution in [0.2, 0.25) is 5.02 Å². The number of ether oxygens (including phenoxy) is 1. The number of benzene rings is 1. The van der Waals surface area contributed by atoms with E-state index in [-0.39, 0.29) is 17.3 Å². The Morgan fingerprint density at radius 2 is 2.39 bits per heavy atom. The number of rotatable bonds is 5. The lowest BCUT2D eigenvalue weighted by atomic mass is 9.99. The molecule has 1 aliphatic rings. The van der Waals surface area contributed by atoms with Crippen LogP contribution in [0.1, 0.15) is 34.3 Å². The van der Waals surface area contributed by atoms with E-state index in [4.69, 9.17) is 24.6 Å². The summed E-state index contributed by atoms with van der Waals surface area (Å²) in [5.41, 5.74) is -1.49. The average molecular weight is 368 g/mol. The molecule has 0 fully saturated rings. The molecule has 23 heavy (non-hydrogen) atoms. The van der Waals surface area contributed by atoms with Crippen molar-refractivity contribution in [3.63, 3.8) is 0 Å². The lowest BCUT2D eigenvalue weighted by molar-refractivity contribution is -0.138. The number of hydrogen-bond acceptors (Lipinski definition) is 4. The van der Waals surface area contributed by atoms with Crippen molar-refractivity contribution in [2.24, 2.45) is 0 Å². The van der Waals surface area contributed by atoms with Gasteiger partial charge in [0.2, 0.25) is 10.0 Å². The largest absolute Gasteiger partial charge is 0.463 e. The molecule has 126 valence electrons. The molecule has 0 heterocycles. The summed E-state index contributed by atoms with van der Waals surface area (Å²) in [6, 6.07) is 1.34. The molecule has 1 aliphatic carbocycles. The summed E-state index contributed by atoms with van der Waals surface area (Å²) in [4.78, 5) is 12.4. The molecule has 5 nitrogen and oxygen atoms in total. The second-order valence-electron chi connectivity index (χ2n) is 4.35. The topological polar surface area (TPSA) is 72.5 Å². The van der Waals surface area contributed by atoms with Gasteiger partial charge < -0.3 is 4.74 Å². The maximum Gasteiger partial charge on any atom is 0.335 e. The molecule has 0 saturated carbocycles. The highest BCUT2D eigenvalue weighted by Gasteiger charge is 2.35. The van der Waals surface area contributed by atoms with E-state index < -0.39 is 57.8 Å². The maximum atomic E-state index is 13.2. The molecule has 1 N–H and O–H groups in total. The van der Waals surface area contributed by atoms with Crippen molar-refractivity contribution < 1.29 is 30.6 Å². The van der Waals surface area contributed by atoms with E-state index in [2.05, 4.69) is 0 Å². The van der Waals surface area contributed by atoms with Crippen molar-refractivity contribution >= 4 is 33.3 Å². The predicted octanol–water partition coefficient (Wildman–Crippen LogP) is 3.26. The number of carbonyl (C=O) groups excluding carboxylic acids is 1. The van der Waals surface area contributed by atoms with E-state index >= 15 is 0 Å². The molecule has 0 amide bonds. The first-order valence-corrected chi connectivity index (χ1v) is 8.33. The molecule has 0 radical (unpaired) electrons. The van der Waals surface area contributed by atoms with Gasteiger partial charge in [0.1, 0.15) is 11.0 Å². The van der Waals surface area contributed by atoms with Gasteiger partial charge in [0.15, 0.2) is 0 Å². The summed E-state index contributed by atoms with van der Waals surface area (Å²) in [6.45, 7) is 1.13. The number of anilines is 1. The van der Waals surface area contributed by atoms with Gasteiger partial charge in [-0.1, -0.05) is 17.7 Å². The number of hydrogen-bond donors (Lipinski definition) is 1.